The summed E-state index contributed by atoms with van der Waals surface area (Å²) in [5, 5.41) is 0.764. The molecule has 2 nitrogen and oxygen atoms in total. The third-order valence-corrected chi connectivity index (χ3v) is 8.43. The molecule has 0 aromatic rings. The topological polar surface area (TPSA) is 34.1 Å². The van der Waals surface area contributed by atoms with Crippen LogP contribution in [0.1, 0.15) is 19.8 Å². The van der Waals surface area contributed by atoms with Gasteiger partial charge in [0.2, 0.25) is 0 Å². The van der Waals surface area contributed by atoms with Gasteiger partial charge in [0.05, 0.1) is 9.16 Å². The highest BCUT2D eigenvalue weighted by molar-refractivity contribution is 8.12. The number of hydrogen-bond acceptors (Lipinski definition) is 4. The molecule has 0 N–H and O–H groups in total. The Labute approximate surface area is 113 Å². The third-order valence-electron chi connectivity index (χ3n) is 2.50. The second-order valence-electron chi connectivity index (χ2n) is 4.06. The fraction of sp³-hybridized carbons (Fsp3) is 1.00. The Morgan fingerprint density at radius 2 is 1.75 bits per heavy atom. The van der Waals surface area contributed by atoms with Crippen LogP contribution in [0.5, 0.6) is 0 Å². The lowest BCUT2D eigenvalue weighted by atomic mass is 9.86. The maximum atomic E-state index is 11.2. The zero-order chi connectivity index (χ0) is 12.8. The van der Waals surface area contributed by atoms with E-state index in [4.69, 9.17) is 0 Å². The lowest BCUT2D eigenvalue weighted by Crippen LogP contribution is -2.42. The Bertz CT molecular complexity index is 249. The zero-order valence-electron chi connectivity index (χ0n) is 10.6. The van der Waals surface area contributed by atoms with Gasteiger partial charge < -0.3 is 0 Å². The van der Waals surface area contributed by atoms with Gasteiger partial charge in [0.15, 0.2) is 0 Å². The van der Waals surface area contributed by atoms with Gasteiger partial charge in [-0.15, -0.1) is 11.8 Å². The molecule has 0 amide bonds. The fourth-order valence-corrected chi connectivity index (χ4v) is 5.89. The van der Waals surface area contributed by atoms with Gasteiger partial charge in [-0.1, -0.05) is 6.92 Å². The minimum Gasteiger partial charge on any atom is -0.259 e. The van der Waals surface area contributed by atoms with Crippen LogP contribution in [-0.4, -0.2) is 42.6 Å². The van der Waals surface area contributed by atoms with Gasteiger partial charge in [0.25, 0.3) is 0 Å². The zero-order valence-corrected chi connectivity index (χ0v) is 13.9. The Morgan fingerprint density at radius 3 is 1.81 bits per heavy atom. The van der Waals surface area contributed by atoms with E-state index in [1.807, 2.05) is 12.5 Å². The van der Waals surface area contributed by atoms with Crippen LogP contribution in [0.3, 0.4) is 0 Å². The first-order chi connectivity index (χ1) is 7.38. The van der Waals surface area contributed by atoms with Crippen molar-refractivity contribution in [1.82, 2.24) is 0 Å². The summed E-state index contributed by atoms with van der Waals surface area (Å²) >= 11 is 3.38. The molecule has 6 heteroatoms. The third kappa shape index (κ3) is 5.56. The van der Waals surface area contributed by atoms with Gasteiger partial charge in [-0.25, -0.2) is 0 Å². The average molecular weight is 303 g/mol. The monoisotopic (exact) mass is 302 g/mol. The molecule has 0 heterocycles. The summed E-state index contributed by atoms with van der Waals surface area (Å²) in [6.07, 6.45) is 9.81. The summed E-state index contributed by atoms with van der Waals surface area (Å²) in [5.41, 5.74) is 0. The summed E-state index contributed by atoms with van der Waals surface area (Å²) in [7, 11) is -1.24. The van der Waals surface area contributed by atoms with Gasteiger partial charge in [0.1, 0.15) is 0 Å². The standard InChI is InChI=1S/C7H14OS2.C3H8OS2/c1-6-4-7(5-6,9-2)10(3)8;1-5-3-6(2)4/h6H,4-5H2,1-3H3;3H2,1-2H3. The second kappa shape index (κ2) is 8.16. The summed E-state index contributed by atoms with van der Waals surface area (Å²) in [6, 6.07) is 0. The molecule has 0 aromatic carbocycles. The van der Waals surface area contributed by atoms with E-state index in [2.05, 4.69) is 13.2 Å². The summed E-state index contributed by atoms with van der Waals surface area (Å²) in [6.45, 7) is 2.22. The van der Waals surface area contributed by atoms with Gasteiger partial charge in [-0.3, -0.25) is 8.42 Å². The van der Waals surface area contributed by atoms with Gasteiger partial charge in [-0.05, 0) is 31.3 Å². The molecule has 16 heavy (non-hydrogen) atoms. The van der Waals surface area contributed by atoms with Crippen LogP contribution >= 0.6 is 23.5 Å². The van der Waals surface area contributed by atoms with E-state index in [1.165, 1.54) is 0 Å². The highest BCUT2D eigenvalue weighted by atomic mass is 32.2. The minimum absolute atomic E-state index is 0.124. The second-order valence-corrected chi connectivity index (χ2v) is 9.87. The van der Waals surface area contributed by atoms with E-state index < -0.39 is 21.6 Å². The van der Waals surface area contributed by atoms with Crippen molar-refractivity contribution in [2.45, 2.75) is 23.8 Å². The van der Waals surface area contributed by atoms with E-state index in [1.54, 1.807) is 29.8 Å². The normalized spacial score (nSPS) is 31.9. The molecule has 0 aliphatic heterocycles. The Morgan fingerprint density at radius 1 is 1.25 bits per heavy atom. The Kier molecular flexibility index (Phi) is 8.67. The Balaban J connectivity index is 0.000000325. The molecule has 0 bridgehead atoms. The number of thioether (sulfide) groups is 2. The predicted molar refractivity (Wildman–Crippen MR) is 81.2 cm³/mol. The predicted octanol–water partition coefficient (Wildman–Crippen LogP) is 2.54. The smallest absolute Gasteiger partial charge is 0.0908 e. The summed E-state index contributed by atoms with van der Waals surface area (Å²) in [4.78, 5) is 0. The number of hydrogen-bond donors (Lipinski definition) is 0. The van der Waals surface area contributed by atoms with Crippen molar-refractivity contribution in [2.75, 3.05) is 30.1 Å². The molecule has 1 rings (SSSR count). The average Bonchev–Trinajstić information content (AvgIpc) is 2.12. The van der Waals surface area contributed by atoms with Crippen LogP contribution in [0, 0.1) is 5.92 Å². The Hall–Kier alpha value is 1.000. The van der Waals surface area contributed by atoms with Crippen molar-refractivity contribution >= 4 is 45.1 Å². The first kappa shape index (κ1) is 17.0. The molecule has 1 fully saturated rings. The SMILES string of the molecule is CSC1(S(C)=O)CC(C)C1.CSCS(C)=O. The molecule has 98 valence electrons. The maximum absolute atomic E-state index is 11.2. The van der Waals surface area contributed by atoms with Crippen LogP contribution in [-0.2, 0) is 21.6 Å². The van der Waals surface area contributed by atoms with Gasteiger partial charge >= 0.3 is 0 Å². The van der Waals surface area contributed by atoms with Gasteiger partial charge in [0, 0.05) is 34.1 Å². The van der Waals surface area contributed by atoms with Crippen molar-refractivity contribution in [3.05, 3.63) is 0 Å². The van der Waals surface area contributed by atoms with E-state index in [-0.39, 0.29) is 4.08 Å². The highest BCUT2D eigenvalue weighted by Gasteiger charge is 2.44. The van der Waals surface area contributed by atoms with Crippen LogP contribution in [0.2, 0.25) is 0 Å². The van der Waals surface area contributed by atoms with Gasteiger partial charge in [-0.2, -0.15) is 11.8 Å². The molecule has 0 saturated heterocycles. The molecule has 1 aliphatic carbocycles. The maximum Gasteiger partial charge on any atom is 0.0908 e. The molecule has 1 saturated carbocycles. The molecular weight excluding hydrogens is 280 g/mol. The van der Waals surface area contributed by atoms with Crippen molar-refractivity contribution in [3.8, 4) is 0 Å². The summed E-state index contributed by atoms with van der Waals surface area (Å²) < 4.78 is 21.5. The largest absolute Gasteiger partial charge is 0.259 e. The number of rotatable bonds is 4. The van der Waals surface area contributed by atoms with Crippen molar-refractivity contribution in [1.29, 1.82) is 0 Å². The first-order valence-corrected chi connectivity index (χ1v) is 11.0. The molecule has 2 atom stereocenters. The quantitative estimate of drug-likeness (QED) is 0.799. The van der Waals surface area contributed by atoms with Crippen molar-refractivity contribution in [2.24, 2.45) is 5.92 Å². The van der Waals surface area contributed by atoms with E-state index in [0.29, 0.717) is 0 Å². The molecule has 0 aromatic heterocycles. The molecule has 2 unspecified atom stereocenters. The molecular formula is C10H22O2S4. The minimum atomic E-state index is -0.640. The lowest BCUT2D eigenvalue weighted by molar-refractivity contribution is 0.328. The van der Waals surface area contributed by atoms with Crippen LogP contribution in [0.4, 0.5) is 0 Å². The van der Waals surface area contributed by atoms with E-state index in [0.717, 1.165) is 23.8 Å². The summed E-state index contributed by atoms with van der Waals surface area (Å²) in [5.74, 6) is 0.788. The van der Waals surface area contributed by atoms with Crippen LogP contribution in [0.15, 0.2) is 0 Å². The first-order valence-electron chi connectivity index (χ1n) is 5.05. The lowest BCUT2D eigenvalue weighted by Gasteiger charge is -2.43. The molecule has 1 aliphatic rings. The molecule has 0 spiro atoms. The van der Waals surface area contributed by atoms with Crippen LogP contribution < -0.4 is 0 Å². The van der Waals surface area contributed by atoms with E-state index >= 15 is 0 Å². The highest BCUT2D eigenvalue weighted by Crippen LogP contribution is 2.48. The van der Waals surface area contributed by atoms with Crippen LogP contribution in [0.25, 0.3) is 0 Å². The van der Waals surface area contributed by atoms with E-state index in [9.17, 15) is 8.42 Å². The molecule has 0 radical (unpaired) electrons. The van der Waals surface area contributed by atoms with Crippen molar-refractivity contribution < 1.29 is 8.42 Å². The van der Waals surface area contributed by atoms with Crippen molar-refractivity contribution in [3.63, 3.8) is 0 Å². The fourth-order valence-electron chi connectivity index (χ4n) is 1.69.